The van der Waals surface area contributed by atoms with Gasteiger partial charge in [0, 0.05) is 6.54 Å². The van der Waals surface area contributed by atoms with Crippen LogP contribution in [0.1, 0.15) is 0 Å². The topological polar surface area (TPSA) is 73.8 Å². The first-order chi connectivity index (χ1) is 6.83. The van der Waals surface area contributed by atoms with E-state index in [0.717, 1.165) is 0 Å². The predicted octanol–water partition coefficient (Wildman–Crippen LogP) is -0.250. The molecule has 0 fully saturated rings. The fourth-order valence-corrected chi connectivity index (χ4v) is 1.29. The third kappa shape index (κ3) is 1.38. The van der Waals surface area contributed by atoms with E-state index < -0.39 is 0 Å². The number of benzene rings is 1. The fourth-order valence-electron chi connectivity index (χ4n) is 1.29. The van der Waals surface area contributed by atoms with Gasteiger partial charge in [0.25, 0.3) is 5.56 Å². The Morgan fingerprint density at radius 3 is 2.93 bits per heavy atom. The standard InChI is InChI=1S/C9H10N4O/c10-5-6-13-9(14)7-3-1-2-4-8(7)11-12-13/h1-4H,5-6,10H2. The summed E-state index contributed by atoms with van der Waals surface area (Å²) in [4.78, 5) is 11.7. The van der Waals surface area contributed by atoms with Crippen molar-refractivity contribution in [3.05, 3.63) is 34.6 Å². The summed E-state index contributed by atoms with van der Waals surface area (Å²) < 4.78 is 1.28. The lowest BCUT2D eigenvalue weighted by Crippen LogP contribution is -2.27. The summed E-state index contributed by atoms with van der Waals surface area (Å²) in [6.45, 7) is 0.781. The lowest BCUT2D eigenvalue weighted by Gasteiger charge is -2.01. The third-order valence-corrected chi connectivity index (χ3v) is 1.97. The highest BCUT2D eigenvalue weighted by atomic mass is 16.1. The molecule has 1 heterocycles. The summed E-state index contributed by atoms with van der Waals surface area (Å²) in [5.74, 6) is 0. The van der Waals surface area contributed by atoms with Crippen molar-refractivity contribution in [2.75, 3.05) is 6.54 Å². The minimum atomic E-state index is -0.138. The van der Waals surface area contributed by atoms with Gasteiger partial charge < -0.3 is 5.73 Å². The molecule has 2 aromatic rings. The van der Waals surface area contributed by atoms with Crippen LogP contribution in [-0.2, 0) is 6.54 Å². The Morgan fingerprint density at radius 2 is 2.14 bits per heavy atom. The molecule has 1 aromatic carbocycles. The van der Waals surface area contributed by atoms with Crippen LogP contribution in [0.4, 0.5) is 0 Å². The first kappa shape index (κ1) is 8.83. The molecule has 0 aliphatic heterocycles. The highest BCUT2D eigenvalue weighted by Crippen LogP contribution is 2.02. The van der Waals surface area contributed by atoms with Crippen LogP contribution in [0.5, 0.6) is 0 Å². The molecule has 0 spiro atoms. The van der Waals surface area contributed by atoms with Gasteiger partial charge in [-0.1, -0.05) is 17.3 Å². The van der Waals surface area contributed by atoms with E-state index in [2.05, 4.69) is 10.3 Å². The zero-order chi connectivity index (χ0) is 9.97. The molecule has 5 nitrogen and oxygen atoms in total. The molecule has 0 saturated heterocycles. The van der Waals surface area contributed by atoms with Crippen molar-refractivity contribution < 1.29 is 0 Å². The highest BCUT2D eigenvalue weighted by Gasteiger charge is 2.02. The Morgan fingerprint density at radius 1 is 1.36 bits per heavy atom. The molecule has 2 rings (SSSR count). The molecule has 0 aliphatic rings. The van der Waals surface area contributed by atoms with Gasteiger partial charge in [0.1, 0.15) is 5.52 Å². The first-order valence-electron chi connectivity index (χ1n) is 4.35. The average Bonchev–Trinajstić information content (AvgIpc) is 2.23. The van der Waals surface area contributed by atoms with Gasteiger partial charge in [-0.2, -0.15) is 0 Å². The lowest BCUT2D eigenvalue weighted by atomic mass is 10.2. The second-order valence-corrected chi connectivity index (χ2v) is 2.92. The van der Waals surface area contributed by atoms with Crippen molar-refractivity contribution in [2.45, 2.75) is 6.54 Å². The molecular weight excluding hydrogens is 180 g/mol. The SMILES string of the molecule is NCCn1nnc2ccccc2c1=O. The van der Waals surface area contributed by atoms with Crippen LogP contribution < -0.4 is 11.3 Å². The van der Waals surface area contributed by atoms with Crippen LogP contribution in [0.3, 0.4) is 0 Å². The largest absolute Gasteiger partial charge is 0.329 e. The Bertz CT molecular complexity index is 505. The van der Waals surface area contributed by atoms with Gasteiger partial charge in [0.15, 0.2) is 0 Å². The van der Waals surface area contributed by atoms with Crippen molar-refractivity contribution in [1.82, 2.24) is 15.0 Å². The van der Waals surface area contributed by atoms with Crippen LogP contribution in [0.25, 0.3) is 10.9 Å². The molecular formula is C9H10N4O. The van der Waals surface area contributed by atoms with Gasteiger partial charge in [-0.15, -0.1) is 5.10 Å². The minimum Gasteiger partial charge on any atom is -0.329 e. The average molecular weight is 190 g/mol. The molecule has 0 amide bonds. The molecule has 0 radical (unpaired) electrons. The summed E-state index contributed by atoms with van der Waals surface area (Å²) >= 11 is 0. The van der Waals surface area contributed by atoms with E-state index in [1.54, 1.807) is 18.2 Å². The van der Waals surface area contributed by atoms with Crippen molar-refractivity contribution in [1.29, 1.82) is 0 Å². The van der Waals surface area contributed by atoms with Gasteiger partial charge >= 0.3 is 0 Å². The fraction of sp³-hybridized carbons (Fsp3) is 0.222. The van der Waals surface area contributed by atoms with Crippen LogP contribution in [0.15, 0.2) is 29.1 Å². The Hall–Kier alpha value is -1.75. The smallest absolute Gasteiger partial charge is 0.277 e. The number of nitrogens with two attached hydrogens (primary N) is 1. The van der Waals surface area contributed by atoms with E-state index in [4.69, 9.17) is 5.73 Å². The maximum atomic E-state index is 11.7. The predicted molar refractivity (Wildman–Crippen MR) is 52.9 cm³/mol. The minimum absolute atomic E-state index is 0.138. The van der Waals surface area contributed by atoms with Gasteiger partial charge in [0.05, 0.1) is 11.9 Å². The number of rotatable bonds is 2. The zero-order valence-electron chi connectivity index (χ0n) is 7.55. The number of hydrogen-bond acceptors (Lipinski definition) is 4. The van der Waals surface area contributed by atoms with Gasteiger partial charge in [-0.3, -0.25) is 4.79 Å². The molecule has 0 atom stereocenters. The van der Waals surface area contributed by atoms with Crippen LogP contribution in [0.2, 0.25) is 0 Å². The normalized spacial score (nSPS) is 10.6. The summed E-state index contributed by atoms with van der Waals surface area (Å²) in [5.41, 5.74) is 5.82. The van der Waals surface area contributed by atoms with E-state index in [1.165, 1.54) is 4.68 Å². The van der Waals surface area contributed by atoms with E-state index in [1.807, 2.05) is 6.07 Å². The van der Waals surface area contributed by atoms with Gasteiger partial charge in [-0.05, 0) is 12.1 Å². The van der Waals surface area contributed by atoms with E-state index in [9.17, 15) is 4.79 Å². The van der Waals surface area contributed by atoms with E-state index in [0.29, 0.717) is 24.0 Å². The molecule has 0 unspecified atom stereocenters. The van der Waals surface area contributed by atoms with Crippen LogP contribution in [-0.4, -0.2) is 21.5 Å². The Kier molecular flexibility index (Phi) is 2.24. The summed E-state index contributed by atoms with van der Waals surface area (Å²) in [5, 5.41) is 8.27. The summed E-state index contributed by atoms with van der Waals surface area (Å²) in [7, 11) is 0. The maximum absolute atomic E-state index is 11.7. The molecule has 0 bridgehead atoms. The number of aromatic nitrogens is 3. The van der Waals surface area contributed by atoms with Crippen molar-refractivity contribution in [2.24, 2.45) is 5.73 Å². The monoisotopic (exact) mass is 190 g/mol. The zero-order valence-corrected chi connectivity index (χ0v) is 7.55. The van der Waals surface area contributed by atoms with Crippen molar-refractivity contribution in [3.8, 4) is 0 Å². The number of hydrogen-bond donors (Lipinski definition) is 1. The molecule has 0 aliphatic carbocycles. The number of nitrogens with zero attached hydrogens (tertiary/aromatic N) is 3. The van der Waals surface area contributed by atoms with Crippen molar-refractivity contribution >= 4 is 10.9 Å². The number of fused-ring (bicyclic) bond motifs is 1. The maximum Gasteiger partial charge on any atom is 0.277 e. The van der Waals surface area contributed by atoms with Crippen molar-refractivity contribution in [3.63, 3.8) is 0 Å². The second kappa shape index (κ2) is 3.55. The molecule has 1 aromatic heterocycles. The molecule has 0 saturated carbocycles. The molecule has 2 N–H and O–H groups in total. The first-order valence-corrected chi connectivity index (χ1v) is 4.35. The Balaban J connectivity index is 2.69. The summed E-state index contributed by atoms with van der Waals surface area (Å²) in [6.07, 6.45) is 0. The quantitative estimate of drug-likeness (QED) is 0.708. The van der Waals surface area contributed by atoms with E-state index >= 15 is 0 Å². The summed E-state index contributed by atoms with van der Waals surface area (Å²) in [6, 6.07) is 7.12. The second-order valence-electron chi connectivity index (χ2n) is 2.92. The van der Waals surface area contributed by atoms with Crippen LogP contribution in [0, 0.1) is 0 Å². The third-order valence-electron chi connectivity index (χ3n) is 1.97. The highest BCUT2D eigenvalue weighted by molar-refractivity contribution is 5.76. The van der Waals surface area contributed by atoms with Gasteiger partial charge in [-0.25, -0.2) is 4.68 Å². The molecule has 72 valence electrons. The molecule has 5 heteroatoms. The Labute approximate surface area is 80.2 Å². The lowest BCUT2D eigenvalue weighted by molar-refractivity contribution is 0.558. The van der Waals surface area contributed by atoms with Gasteiger partial charge in [0.2, 0.25) is 0 Å². The van der Waals surface area contributed by atoms with E-state index in [-0.39, 0.29) is 5.56 Å². The molecule has 14 heavy (non-hydrogen) atoms. The van der Waals surface area contributed by atoms with Crippen LogP contribution >= 0.6 is 0 Å².